The number of esters is 1. The summed E-state index contributed by atoms with van der Waals surface area (Å²) in [4.78, 5) is 37.8. The van der Waals surface area contributed by atoms with Crippen LogP contribution in [0, 0.1) is 5.92 Å². The maximum Gasteiger partial charge on any atom is 0.343 e. The Hall–Kier alpha value is -3.35. The first-order chi connectivity index (χ1) is 13.5. The molecule has 0 radical (unpaired) electrons. The van der Waals surface area contributed by atoms with Crippen LogP contribution in [0.15, 0.2) is 48.5 Å². The monoisotopic (exact) mass is 382 g/mol. The van der Waals surface area contributed by atoms with Crippen molar-refractivity contribution in [3.63, 3.8) is 0 Å². The second kappa shape index (κ2) is 8.56. The van der Waals surface area contributed by atoms with Gasteiger partial charge in [0.1, 0.15) is 5.75 Å². The number of methoxy groups -OCH3 is 1. The maximum absolute atomic E-state index is 12.7. The quantitative estimate of drug-likeness (QED) is 0.745. The molecule has 0 spiro atoms. The molecule has 0 unspecified atom stereocenters. The Balaban J connectivity index is 1.68. The molecule has 2 amide bonds. The Morgan fingerprint density at radius 1 is 1.07 bits per heavy atom. The zero-order valence-electron chi connectivity index (χ0n) is 15.8. The highest BCUT2D eigenvalue weighted by molar-refractivity contribution is 6.10. The minimum absolute atomic E-state index is 0.0346. The van der Waals surface area contributed by atoms with Crippen LogP contribution in [-0.4, -0.2) is 38.5 Å². The SMILES string of the molecule is COC(=O)COc1ccc(NC(=O)c2ccccc2N(C)C(=O)C2CC2)cc1. The molecule has 0 saturated heterocycles. The van der Waals surface area contributed by atoms with Gasteiger partial charge in [-0.2, -0.15) is 0 Å². The maximum atomic E-state index is 12.7. The Bertz CT molecular complexity index is 875. The standard InChI is InChI=1S/C21H22N2O5/c1-23(21(26)14-7-8-14)18-6-4-3-5-17(18)20(25)22-15-9-11-16(12-10-15)28-13-19(24)27-2/h3-6,9-12,14H,7-8,13H2,1-2H3,(H,22,25). The molecule has 1 fully saturated rings. The third kappa shape index (κ3) is 4.68. The van der Waals surface area contributed by atoms with Gasteiger partial charge in [0.25, 0.3) is 5.91 Å². The number of hydrogen-bond donors (Lipinski definition) is 1. The van der Waals surface area contributed by atoms with Crippen molar-refractivity contribution < 1.29 is 23.9 Å². The average Bonchev–Trinajstić information content (AvgIpc) is 3.57. The molecule has 1 aliphatic carbocycles. The largest absolute Gasteiger partial charge is 0.482 e. The van der Waals surface area contributed by atoms with Crippen molar-refractivity contribution in [2.45, 2.75) is 12.8 Å². The molecule has 7 heteroatoms. The number of carbonyl (C=O) groups excluding carboxylic acids is 3. The van der Waals surface area contributed by atoms with E-state index in [9.17, 15) is 14.4 Å². The van der Waals surface area contributed by atoms with Crippen LogP contribution < -0.4 is 15.0 Å². The summed E-state index contributed by atoms with van der Waals surface area (Å²) in [5.74, 6) is -0.197. The van der Waals surface area contributed by atoms with Gasteiger partial charge in [0, 0.05) is 18.7 Å². The van der Waals surface area contributed by atoms with E-state index in [2.05, 4.69) is 10.1 Å². The minimum atomic E-state index is -0.473. The van der Waals surface area contributed by atoms with Gasteiger partial charge >= 0.3 is 5.97 Å². The Labute approximate surface area is 163 Å². The summed E-state index contributed by atoms with van der Waals surface area (Å²) in [6.45, 7) is -0.184. The van der Waals surface area contributed by atoms with E-state index in [1.54, 1.807) is 60.5 Å². The summed E-state index contributed by atoms with van der Waals surface area (Å²) in [5.41, 5.74) is 1.57. The molecule has 0 aromatic heterocycles. The number of hydrogen-bond acceptors (Lipinski definition) is 5. The number of nitrogens with one attached hydrogen (secondary N) is 1. The van der Waals surface area contributed by atoms with Crippen LogP contribution in [0.3, 0.4) is 0 Å². The van der Waals surface area contributed by atoms with Crippen LogP contribution in [0.2, 0.25) is 0 Å². The van der Waals surface area contributed by atoms with E-state index in [0.717, 1.165) is 12.8 Å². The summed E-state index contributed by atoms with van der Waals surface area (Å²) >= 11 is 0. The number of benzene rings is 2. The van der Waals surface area contributed by atoms with E-state index in [1.165, 1.54) is 7.11 Å². The van der Waals surface area contributed by atoms with Gasteiger partial charge in [0.15, 0.2) is 6.61 Å². The molecule has 1 saturated carbocycles. The van der Waals surface area contributed by atoms with E-state index in [0.29, 0.717) is 22.7 Å². The normalized spacial score (nSPS) is 12.8. The molecular weight excluding hydrogens is 360 g/mol. The van der Waals surface area contributed by atoms with E-state index in [-0.39, 0.29) is 24.3 Å². The van der Waals surface area contributed by atoms with Gasteiger partial charge in [-0.3, -0.25) is 9.59 Å². The minimum Gasteiger partial charge on any atom is -0.482 e. The predicted octanol–water partition coefficient (Wildman–Crippen LogP) is 2.86. The van der Waals surface area contributed by atoms with Gasteiger partial charge in [0.05, 0.1) is 18.4 Å². The molecule has 146 valence electrons. The molecule has 28 heavy (non-hydrogen) atoms. The number of amides is 2. The molecule has 2 aromatic rings. The lowest BCUT2D eigenvalue weighted by Crippen LogP contribution is -2.29. The summed E-state index contributed by atoms with van der Waals surface area (Å²) in [5, 5.41) is 2.82. The third-order valence-electron chi connectivity index (χ3n) is 4.46. The molecule has 2 aromatic carbocycles. The first-order valence-corrected chi connectivity index (χ1v) is 8.97. The van der Waals surface area contributed by atoms with Gasteiger partial charge in [-0.15, -0.1) is 0 Å². The van der Waals surface area contributed by atoms with Crippen LogP contribution in [0.4, 0.5) is 11.4 Å². The van der Waals surface area contributed by atoms with E-state index in [1.807, 2.05) is 0 Å². The molecule has 3 rings (SSSR count). The van der Waals surface area contributed by atoms with Gasteiger partial charge in [-0.1, -0.05) is 12.1 Å². The second-order valence-corrected chi connectivity index (χ2v) is 6.53. The van der Waals surface area contributed by atoms with E-state index in [4.69, 9.17) is 4.74 Å². The Morgan fingerprint density at radius 2 is 1.75 bits per heavy atom. The number of carbonyl (C=O) groups is 3. The van der Waals surface area contributed by atoms with Crippen LogP contribution in [0.25, 0.3) is 0 Å². The fourth-order valence-electron chi connectivity index (χ4n) is 2.72. The van der Waals surface area contributed by atoms with Crippen molar-refractivity contribution in [3.05, 3.63) is 54.1 Å². The molecule has 1 N–H and O–H groups in total. The first kappa shape index (κ1) is 19.4. The highest BCUT2D eigenvalue weighted by atomic mass is 16.6. The smallest absolute Gasteiger partial charge is 0.343 e. The van der Waals surface area contributed by atoms with Gasteiger partial charge in [-0.05, 0) is 49.2 Å². The molecule has 0 atom stereocenters. The molecule has 0 aliphatic heterocycles. The highest BCUT2D eigenvalue weighted by Gasteiger charge is 2.33. The third-order valence-corrected chi connectivity index (χ3v) is 4.46. The Morgan fingerprint density at radius 3 is 2.39 bits per heavy atom. The lowest BCUT2D eigenvalue weighted by Gasteiger charge is -2.20. The van der Waals surface area contributed by atoms with Crippen molar-refractivity contribution in [1.82, 2.24) is 0 Å². The molecule has 0 heterocycles. The summed E-state index contributed by atoms with van der Waals surface area (Å²) in [7, 11) is 2.98. The van der Waals surface area contributed by atoms with Crippen molar-refractivity contribution in [1.29, 1.82) is 0 Å². The topological polar surface area (TPSA) is 84.9 Å². The van der Waals surface area contributed by atoms with Crippen LogP contribution in [-0.2, 0) is 14.3 Å². The zero-order valence-corrected chi connectivity index (χ0v) is 15.8. The van der Waals surface area contributed by atoms with Crippen LogP contribution >= 0.6 is 0 Å². The fraction of sp³-hybridized carbons (Fsp3) is 0.286. The number of anilines is 2. The molecular formula is C21H22N2O5. The number of nitrogens with zero attached hydrogens (tertiary/aromatic N) is 1. The predicted molar refractivity (Wildman–Crippen MR) is 104 cm³/mol. The second-order valence-electron chi connectivity index (χ2n) is 6.53. The van der Waals surface area contributed by atoms with E-state index >= 15 is 0 Å². The number of rotatable bonds is 7. The summed E-state index contributed by atoms with van der Waals surface area (Å²) < 4.78 is 9.79. The van der Waals surface area contributed by atoms with Crippen molar-refractivity contribution in [2.75, 3.05) is 31.0 Å². The number of ether oxygens (including phenoxy) is 2. The van der Waals surface area contributed by atoms with Crippen molar-refractivity contribution >= 4 is 29.2 Å². The van der Waals surface area contributed by atoms with Crippen molar-refractivity contribution in [3.8, 4) is 5.75 Å². The zero-order chi connectivity index (χ0) is 20.1. The average molecular weight is 382 g/mol. The first-order valence-electron chi connectivity index (χ1n) is 8.97. The molecule has 1 aliphatic rings. The molecule has 0 bridgehead atoms. The fourth-order valence-corrected chi connectivity index (χ4v) is 2.72. The lowest BCUT2D eigenvalue weighted by atomic mass is 10.1. The lowest BCUT2D eigenvalue weighted by molar-refractivity contribution is -0.142. The van der Waals surface area contributed by atoms with Gasteiger partial charge in [-0.25, -0.2) is 4.79 Å². The van der Waals surface area contributed by atoms with E-state index < -0.39 is 5.97 Å². The van der Waals surface area contributed by atoms with Gasteiger partial charge in [0.2, 0.25) is 5.91 Å². The highest BCUT2D eigenvalue weighted by Crippen LogP contribution is 2.33. The molecule has 7 nitrogen and oxygen atoms in total. The van der Waals surface area contributed by atoms with Crippen molar-refractivity contribution in [2.24, 2.45) is 5.92 Å². The summed E-state index contributed by atoms with van der Waals surface area (Å²) in [6, 6.07) is 13.7. The summed E-state index contributed by atoms with van der Waals surface area (Å²) in [6.07, 6.45) is 1.81. The Kier molecular flexibility index (Phi) is 5.93. The number of para-hydroxylation sites is 1. The van der Waals surface area contributed by atoms with Crippen LogP contribution in [0.1, 0.15) is 23.2 Å². The van der Waals surface area contributed by atoms with Crippen LogP contribution in [0.5, 0.6) is 5.75 Å². The van der Waals surface area contributed by atoms with Gasteiger partial charge < -0.3 is 19.7 Å².